The SMILES string of the molecule is COCC(=O)N(CC(C)C(=O)O)c1cccc(C)c1C. The lowest BCUT2D eigenvalue weighted by molar-refractivity contribution is -0.140. The van der Waals surface area contributed by atoms with Gasteiger partial charge in [-0.25, -0.2) is 0 Å². The molecular weight excluding hydrogens is 258 g/mol. The van der Waals surface area contributed by atoms with Crippen molar-refractivity contribution in [2.24, 2.45) is 5.92 Å². The van der Waals surface area contributed by atoms with Crippen LogP contribution in [-0.4, -0.2) is 37.2 Å². The number of anilines is 1. The summed E-state index contributed by atoms with van der Waals surface area (Å²) in [6.07, 6.45) is 0. The number of aliphatic carboxylic acids is 1. The van der Waals surface area contributed by atoms with Gasteiger partial charge in [0.2, 0.25) is 0 Å². The Balaban J connectivity index is 3.12. The van der Waals surface area contributed by atoms with Crippen LogP contribution < -0.4 is 4.90 Å². The predicted molar refractivity (Wildman–Crippen MR) is 76.9 cm³/mol. The molecule has 1 aromatic carbocycles. The summed E-state index contributed by atoms with van der Waals surface area (Å²) < 4.78 is 4.88. The average molecular weight is 279 g/mol. The second-order valence-corrected chi connectivity index (χ2v) is 4.90. The Morgan fingerprint density at radius 1 is 1.35 bits per heavy atom. The summed E-state index contributed by atoms with van der Waals surface area (Å²) in [5.74, 6) is -1.81. The maximum Gasteiger partial charge on any atom is 0.308 e. The third-order valence-corrected chi connectivity index (χ3v) is 3.31. The molecule has 110 valence electrons. The summed E-state index contributed by atoms with van der Waals surface area (Å²) in [4.78, 5) is 24.7. The summed E-state index contributed by atoms with van der Waals surface area (Å²) in [5, 5.41) is 9.04. The zero-order valence-electron chi connectivity index (χ0n) is 12.3. The first-order chi connectivity index (χ1) is 9.38. The highest BCUT2D eigenvalue weighted by Gasteiger charge is 2.23. The summed E-state index contributed by atoms with van der Waals surface area (Å²) in [7, 11) is 1.44. The molecule has 0 spiro atoms. The Labute approximate surface area is 119 Å². The number of carboxylic acids is 1. The fourth-order valence-corrected chi connectivity index (χ4v) is 1.92. The van der Waals surface area contributed by atoms with Crippen molar-refractivity contribution in [1.29, 1.82) is 0 Å². The highest BCUT2D eigenvalue weighted by Crippen LogP contribution is 2.24. The molecule has 1 unspecified atom stereocenters. The molecule has 5 heteroatoms. The summed E-state index contributed by atoms with van der Waals surface area (Å²) >= 11 is 0. The lowest BCUT2D eigenvalue weighted by Gasteiger charge is -2.26. The molecule has 1 aromatic rings. The lowest BCUT2D eigenvalue weighted by Crippen LogP contribution is -2.39. The number of ether oxygens (including phenoxy) is 1. The normalized spacial score (nSPS) is 12.0. The molecule has 0 saturated carbocycles. The maximum atomic E-state index is 12.2. The average Bonchev–Trinajstić information content (AvgIpc) is 2.39. The summed E-state index contributed by atoms with van der Waals surface area (Å²) in [5.41, 5.74) is 2.76. The van der Waals surface area contributed by atoms with Crippen molar-refractivity contribution in [3.63, 3.8) is 0 Å². The molecule has 1 rings (SSSR count). The Kier molecular flexibility index (Phi) is 5.70. The van der Waals surface area contributed by atoms with Gasteiger partial charge in [0.1, 0.15) is 6.61 Å². The molecule has 0 aromatic heterocycles. The third-order valence-electron chi connectivity index (χ3n) is 3.31. The molecule has 1 amide bonds. The molecular formula is C15H21NO4. The fourth-order valence-electron chi connectivity index (χ4n) is 1.92. The van der Waals surface area contributed by atoms with Crippen molar-refractivity contribution in [3.05, 3.63) is 29.3 Å². The molecule has 0 aliphatic rings. The van der Waals surface area contributed by atoms with Crippen molar-refractivity contribution in [1.82, 2.24) is 0 Å². The van der Waals surface area contributed by atoms with Gasteiger partial charge in [-0.05, 0) is 31.0 Å². The standard InChI is InChI=1S/C15H21NO4/c1-10-6-5-7-13(12(10)3)16(14(17)9-20-4)8-11(2)15(18)19/h5-7,11H,8-9H2,1-4H3,(H,18,19). The smallest absolute Gasteiger partial charge is 0.308 e. The van der Waals surface area contributed by atoms with Crippen molar-refractivity contribution < 1.29 is 19.4 Å². The van der Waals surface area contributed by atoms with E-state index in [1.807, 2.05) is 32.0 Å². The van der Waals surface area contributed by atoms with E-state index in [9.17, 15) is 9.59 Å². The van der Waals surface area contributed by atoms with Crippen LogP contribution in [0, 0.1) is 19.8 Å². The van der Waals surface area contributed by atoms with E-state index in [1.54, 1.807) is 6.92 Å². The minimum absolute atomic E-state index is 0.0697. The molecule has 0 saturated heterocycles. The molecule has 5 nitrogen and oxygen atoms in total. The number of methoxy groups -OCH3 is 1. The van der Waals surface area contributed by atoms with Gasteiger partial charge < -0.3 is 14.7 Å². The van der Waals surface area contributed by atoms with Crippen LogP contribution in [0.25, 0.3) is 0 Å². The number of carboxylic acid groups (broad SMARTS) is 1. The van der Waals surface area contributed by atoms with E-state index < -0.39 is 11.9 Å². The van der Waals surface area contributed by atoms with Crippen LogP contribution in [0.5, 0.6) is 0 Å². The summed E-state index contributed by atoms with van der Waals surface area (Å²) in [6.45, 7) is 5.52. The topological polar surface area (TPSA) is 66.8 Å². The van der Waals surface area contributed by atoms with Crippen LogP contribution >= 0.6 is 0 Å². The van der Waals surface area contributed by atoms with Crippen LogP contribution in [0.15, 0.2) is 18.2 Å². The van der Waals surface area contributed by atoms with Gasteiger partial charge in [0, 0.05) is 19.3 Å². The Hall–Kier alpha value is -1.88. The van der Waals surface area contributed by atoms with Crippen molar-refractivity contribution in [2.75, 3.05) is 25.2 Å². The minimum atomic E-state index is -0.925. The van der Waals surface area contributed by atoms with E-state index in [1.165, 1.54) is 12.0 Å². The molecule has 0 heterocycles. The molecule has 0 fully saturated rings. The number of hydrogen-bond donors (Lipinski definition) is 1. The van der Waals surface area contributed by atoms with Gasteiger partial charge in [-0.15, -0.1) is 0 Å². The molecule has 1 atom stereocenters. The minimum Gasteiger partial charge on any atom is -0.481 e. The maximum absolute atomic E-state index is 12.2. The molecule has 1 N–H and O–H groups in total. The van der Waals surface area contributed by atoms with Gasteiger partial charge >= 0.3 is 5.97 Å². The molecule has 0 aliphatic heterocycles. The highest BCUT2D eigenvalue weighted by molar-refractivity contribution is 5.95. The first kappa shape index (κ1) is 16.2. The molecule has 0 radical (unpaired) electrons. The highest BCUT2D eigenvalue weighted by atomic mass is 16.5. The number of nitrogens with zero attached hydrogens (tertiary/aromatic N) is 1. The van der Waals surface area contributed by atoms with Gasteiger partial charge in [-0.1, -0.05) is 19.1 Å². The first-order valence-electron chi connectivity index (χ1n) is 6.46. The summed E-state index contributed by atoms with van der Waals surface area (Å²) in [6, 6.07) is 5.64. The fraction of sp³-hybridized carbons (Fsp3) is 0.467. The van der Waals surface area contributed by atoms with E-state index in [0.29, 0.717) is 0 Å². The Bertz CT molecular complexity index is 499. The van der Waals surface area contributed by atoms with Crippen LogP contribution in [-0.2, 0) is 14.3 Å². The molecule has 0 bridgehead atoms. The molecule has 0 aliphatic carbocycles. The lowest BCUT2D eigenvalue weighted by atomic mass is 10.1. The third kappa shape index (κ3) is 3.81. The zero-order chi connectivity index (χ0) is 15.3. The first-order valence-corrected chi connectivity index (χ1v) is 6.46. The van der Waals surface area contributed by atoms with Crippen molar-refractivity contribution in [2.45, 2.75) is 20.8 Å². The van der Waals surface area contributed by atoms with Gasteiger partial charge in [0.05, 0.1) is 5.92 Å². The van der Waals surface area contributed by atoms with Crippen LogP contribution in [0.1, 0.15) is 18.1 Å². The number of amides is 1. The predicted octanol–water partition coefficient (Wildman–Crippen LogP) is 2.00. The van der Waals surface area contributed by atoms with E-state index in [0.717, 1.165) is 16.8 Å². The van der Waals surface area contributed by atoms with E-state index in [-0.39, 0.29) is 19.1 Å². The monoisotopic (exact) mass is 279 g/mol. The van der Waals surface area contributed by atoms with Gasteiger partial charge in [0.25, 0.3) is 5.91 Å². The number of benzene rings is 1. The van der Waals surface area contributed by atoms with E-state index >= 15 is 0 Å². The zero-order valence-corrected chi connectivity index (χ0v) is 12.3. The molecule has 20 heavy (non-hydrogen) atoms. The largest absolute Gasteiger partial charge is 0.481 e. The number of carbonyl (C=O) groups excluding carboxylic acids is 1. The van der Waals surface area contributed by atoms with Crippen molar-refractivity contribution >= 4 is 17.6 Å². The number of rotatable bonds is 6. The van der Waals surface area contributed by atoms with E-state index in [4.69, 9.17) is 9.84 Å². The van der Waals surface area contributed by atoms with Crippen molar-refractivity contribution in [3.8, 4) is 0 Å². The number of hydrogen-bond acceptors (Lipinski definition) is 3. The number of carbonyl (C=O) groups is 2. The second kappa shape index (κ2) is 7.05. The number of aryl methyl sites for hydroxylation is 1. The van der Waals surface area contributed by atoms with Crippen LogP contribution in [0.2, 0.25) is 0 Å². The Morgan fingerprint density at radius 3 is 2.55 bits per heavy atom. The second-order valence-electron chi connectivity index (χ2n) is 4.90. The van der Waals surface area contributed by atoms with Crippen LogP contribution in [0.3, 0.4) is 0 Å². The van der Waals surface area contributed by atoms with Gasteiger partial charge in [-0.2, -0.15) is 0 Å². The van der Waals surface area contributed by atoms with Gasteiger partial charge in [-0.3, -0.25) is 9.59 Å². The quantitative estimate of drug-likeness (QED) is 0.865. The van der Waals surface area contributed by atoms with Crippen LogP contribution in [0.4, 0.5) is 5.69 Å². The van der Waals surface area contributed by atoms with Gasteiger partial charge in [0.15, 0.2) is 0 Å². The Morgan fingerprint density at radius 2 is 2.00 bits per heavy atom. The van der Waals surface area contributed by atoms with E-state index in [2.05, 4.69) is 0 Å².